The third-order valence-electron chi connectivity index (χ3n) is 2.37. The molecule has 0 unspecified atom stereocenters. The fourth-order valence-electron chi connectivity index (χ4n) is 1.50. The van der Waals surface area contributed by atoms with E-state index in [1.54, 1.807) is 31.4 Å². The van der Waals surface area contributed by atoms with Gasteiger partial charge in [-0.2, -0.15) is 10.4 Å². The summed E-state index contributed by atoms with van der Waals surface area (Å²) in [6.07, 6.45) is 1.46. The molecule has 84 valence electrons. The van der Waals surface area contributed by atoms with Gasteiger partial charge in [-0.25, -0.2) is 5.10 Å². The summed E-state index contributed by atoms with van der Waals surface area (Å²) in [5.41, 5.74) is 0.839. The Morgan fingerprint density at radius 2 is 2.06 bits per heavy atom. The van der Waals surface area contributed by atoms with Crippen molar-refractivity contribution in [1.82, 2.24) is 10.2 Å². The van der Waals surface area contributed by atoms with E-state index in [-0.39, 0.29) is 5.56 Å². The van der Waals surface area contributed by atoms with Gasteiger partial charge in [0, 0.05) is 5.56 Å². The van der Waals surface area contributed by atoms with E-state index < -0.39 is 5.56 Å². The minimum absolute atomic E-state index is 0.0603. The van der Waals surface area contributed by atoms with E-state index in [4.69, 9.17) is 10.00 Å². The van der Waals surface area contributed by atoms with E-state index >= 15 is 0 Å². The van der Waals surface area contributed by atoms with Gasteiger partial charge in [0.05, 0.1) is 13.3 Å². The minimum Gasteiger partial charge on any atom is -0.497 e. The lowest BCUT2D eigenvalue weighted by atomic mass is 10.0. The van der Waals surface area contributed by atoms with Crippen LogP contribution in [0.2, 0.25) is 0 Å². The Bertz CT molecular complexity index is 623. The third kappa shape index (κ3) is 2.01. The third-order valence-corrected chi connectivity index (χ3v) is 2.37. The van der Waals surface area contributed by atoms with Crippen LogP contribution in [0.1, 0.15) is 5.56 Å². The molecule has 1 N–H and O–H groups in total. The molecule has 0 saturated carbocycles. The van der Waals surface area contributed by atoms with Crippen LogP contribution >= 0.6 is 0 Å². The topological polar surface area (TPSA) is 78.8 Å². The van der Waals surface area contributed by atoms with Crippen molar-refractivity contribution in [2.45, 2.75) is 0 Å². The summed E-state index contributed by atoms with van der Waals surface area (Å²) >= 11 is 0. The van der Waals surface area contributed by atoms with Gasteiger partial charge in [-0.15, -0.1) is 0 Å². The van der Waals surface area contributed by atoms with Crippen molar-refractivity contribution >= 4 is 0 Å². The van der Waals surface area contributed by atoms with Gasteiger partial charge in [0.1, 0.15) is 17.4 Å². The van der Waals surface area contributed by atoms with Crippen molar-refractivity contribution in [1.29, 1.82) is 5.26 Å². The Labute approximate surface area is 97.3 Å². The largest absolute Gasteiger partial charge is 0.497 e. The Balaban J connectivity index is 2.57. The van der Waals surface area contributed by atoms with Gasteiger partial charge in [0.15, 0.2) is 0 Å². The number of aromatic nitrogens is 2. The molecule has 0 aliphatic carbocycles. The van der Waals surface area contributed by atoms with Crippen molar-refractivity contribution in [3.05, 3.63) is 46.4 Å². The van der Waals surface area contributed by atoms with Crippen molar-refractivity contribution in [2.75, 3.05) is 7.11 Å². The quantitative estimate of drug-likeness (QED) is 0.839. The van der Waals surface area contributed by atoms with E-state index in [9.17, 15) is 4.79 Å². The molecule has 1 aromatic heterocycles. The first kappa shape index (κ1) is 10.9. The first-order chi connectivity index (χ1) is 8.26. The molecule has 0 spiro atoms. The number of methoxy groups -OCH3 is 1. The van der Waals surface area contributed by atoms with Crippen molar-refractivity contribution in [3.8, 4) is 22.9 Å². The molecular formula is C12H9N3O2. The van der Waals surface area contributed by atoms with Crippen LogP contribution in [0.15, 0.2) is 35.3 Å². The fourth-order valence-corrected chi connectivity index (χ4v) is 1.50. The molecule has 0 aliphatic rings. The van der Waals surface area contributed by atoms with Gasteiger partial charge in [-0.05, 0) is 17.7 Å². The Morgan fingerprint density at radius 3 is 2.65 bits per heavy atom. The summed E-state index contributed by atoms with van der Waals surface area (Å²) in [6, 6.07) is 8.95. The zero-order valence-electron chi connectivity index (χ0n) is 9.10. The lowest BCUT2D eigenvalue weighted by molar-refractivity contribution is 0.415. The number of ether oxygens (including phenoxy) is 1. The number of aromatic amines is 1. The van der Waals surface area contributed by atoms with Gasteiger partial charge >= 0.3 is 0 Å². The van der Waals surface area contributed by atoms with Crippen LogP contribution in [-0.4, -0.2) is 17.3 Å². The first-order valence-corrected chi connectivity index (χ1v) is 4.88. The monoisotopic (exact) mass is 227 g/mol. The Kier molecular flexibility index (Phi) is 2.88. The maximum absolute atomic E-state index is 11.4. The smallest absolute Gasteiger partial charge is 0.282 e. The van der Waals surface area contributed by atoms with E-state index in [1.807, 2.05) is 6.07 Å². The van der Waals surface area contributed by atoms with Crippen molar-refractivity contribution in [3.63, 3.8) is 0 Å². The standard InChI is InChI=1S/C12H9N3O2/c1-17-9-4-2-8(3-5-9)11-7-14-15-12(16)10(11)6-13/h2-5,7H,1H3,(H,15,16). The second-order valence-electron chi connectivity index (χ2n) is 3.33. The summed E-state index contributed by atoms with van der Waals surface area (Å²) < 4.78 is 5.04. The number of hydrogen-bond donors (Lipinski definition) is 1. The lowest BCUT2D eigenvalue weighted by Gasteiger charge is -2.04. The molecule has 2 rings (SSSR count). The van der Waals surface area contributed by atoms with Gasteiger partial charge in [0.2, 0.25) is 0 Å². The maximum atomic E-state index is 11.4. The fraction of sp³-hybridized carbons (Fsp3) is 0.0833. The van der Waals surface area contributed by atoms with Crippen LogP contribution in [0.4, 0.5) is 0 Å². The highest BCUT2D eigenvalue weighted by molar-refractivity contribution is 5.69. The van der Waals surface area contributed by atoms with E-state index in [2.05, 4.69) is 10.2 Å². The predicted octanol–water partition coefficient (Wildman–Crippen LogP) is 1.32. The zero-order chi connectivity index (χ0) is 12.3. The number of H-pyrrole nitrogens is 1. The minimum atomic E-state index is -0.485. The summed E-state index contributed by atoms with van der Waals surface area (Å²) in [5, 5.41) is 14.9. The Morgan fingerprint density at radius 1 is 1.35 bits per heavy atom. The predicted molar refractivity (Wildman–Crippen MR) is 61.6 cm³/mol. The molecule has 2 aromatic rings. The van der Waals surface area contributed by atoms with E-state index in [1.165, 1.54) is 6.20 Å². The summed E-state index contributed by atoms with van der Waals surface area (Å²) in [4.78, 5) is 11.4. The number of nitrogens with zero attached hydrogens (tertiary/aromatic N) is 2. The number of nitriles is 1. The summed E-state index contributed by atoms with van der Waals surface area (Å²) in [5.74, 6) is 0.713. The molecule has 1 aromatic carbocycles. The normalized spacial score (nSPS) is 9.65. The van der Waals surface area contributed by atoms with Crippen molar-refractivity contribution in [2.24, 2.45) is 0 Å². The van der Waals surface area contributed by atoms with Gasteiger partial charge < -0.3 is 4.74 Å². The molecular weight excluding hydrogens is 218 g/mol. The van der Waals surface area contributed by atoms with Gasteiger partial charge in [-0.1, -0.05) is 12.1 Å². The van der Waals surface area contributed by atoms with Crippen LogP contribution in [0.25, 0.3) is 11.1 Å². The maximum Gasteiger partial charge on any atom is 0.282 e. The van der Waals surface area contributed by atoms with Gasteiger partial charge in [-0.3, -0.25) is 4.79 Å². The summed E-state index contributed by atoms with van der Waals surface area (Å²) in [7, 11) is 1.57. The molecule has 5 nitrogen and oxygen atoms in total. The van der Waals surface area contributed by atoms with Crippen LogP contribution in [0.5, 0.6) is 5.75 Å². The van der Waals surface area contributed by atoms with E-state index in [0.717, 1.165) is 5.56 Å². The number of rotatable bonds is 2. The molecule has 0 bridgehead atoms. The van der Waals surface area contributed by atoms with Crippen LogP contribution < -0.4 is 10.3 Å². The SMILES string of the molecule is COc1ccc(-c2cn[nH]c(=O)c2C#N)cc1. The van der Waals surface area contributed by atoms with Crippen LogP contribution in [0, 0.1) is 11.3 Å². The molecule has 5 heteroatoms. The average molecular weight is 227 g/mol. The first-order valence-electron chi connectivity index (χ1n) is 4.88. The zero-order valence-corrected chi connectivity index (χ0v) is 9.10. The second kappa shape index (κ2) is 4.49. The van der Waals surface area contributed by atoms with Gasteiger partial charge in [0.25, 0.3) is 5.56 Å². The molecule has 0 aliphatic heterocycles. The number of nitrogens with one attached hydrogen (secondary N) is 1. The molecule has 0 atom stereocenters. The Hall–Kier alpha value is -2.61. The summed E-state index contributed by atoms with van der Waals surface area (Å²) in [6.45, 7) is 0. The molecule has 0 amide bonds. The molecule has 0 radical (unpaired) electrons. The van der Waals surface area contributed by atoms with E-state index in [0.29, 0.717) is 11.3 Å². The second-order valence-corrected chi connectivity index (χ2v) is 3.33. The van der Waals surface area contributed by atoms with Crippen molar-refractivity contribution < 1.29 is 4.74 Å². The highest BCUT2D eigenvalue weighted by atomic mass is 16.5. The highest BCUT2D eigenvalue weighted by Crippen LogP contribution is 2.22. The molecule has 17 heavy (non-hydrogen) atoms. The highest BCUT2D eigenvalue weighted by Gasteiger charge is 2.09. The van der Waals surface area contributed by atoms with Crippen LogP contribution in [0.3, 0.4) is 0 Å². The average Bonchev–Trinajstić information content (AvgIpc) is 2.38. The lowest BCUT2D eigenvalue weighted by Crippen LogP contribution is -2.12. The molecule has 0 saturated heterocycles. The van der Waals surface area contributed by atoms with Crippen LogP contribution in [-0.2, 0) is 0 Å². The number of hydrogen-bond acceptors (Lipinski definition) is 4. The molecule has 0 fully saturated rings. The number of benzene rings is 1. The molecule has 1 heterocycles.